The summed E-state index contributed by atoms with van der Waals surface area (Å²) in [5.41, 5.74) is 4.36. The first-order valence-electron chi connectivity index (χ1n) is 10.1. The standard InChI is InChI=1S/C23H31N5O/c1-17-5-11-21(12-6-17)28-14-13-20(16-28)26-23(24-2)25-15-18-7-9-19(10-8-18)22(29)27(3)4/h5-12,20H,13-16H2,1-4H3,(H2,24,25,26). The average Bonchev–Trinajstić information content (AvgIpc) is 3.20. The Kier molecular flexibility index (Phi) is 6.75. The van der Waals surface area contributed by atoms with Crippen LogP contribution in [0.3, 0.4) is 0 Å². The maximum Gasteiger partial charge on any atom is 0.253 e. The molecular formula is C23H31N5O. The number of hydrogen-bond acceptors (Lipinski definition) is 3. The predicted molar refractivity (Wildman–Crippen MR) is 120 cm³/mol. The van der Waals surface area contributed by atoms with Gasteiger partial charge in [-0.05, 0) is 43.2 Å². The Morgan fingerprint density at radius 3 is 2.45 bits per heavy atom. The van der Waals surface area contributed by atoms with Crippen LogP contribution in [0, 0.1) is 6.92 Å². The first kappa shape index (κ1) is 20.7. The summed E-state index contributed by atoms with van der Waals surface area (Å²) in [6.45, 7) is 4.77. The fourth-order valence-electron chi connectivity index (χ4n) is 3.47. The van der Waals surface area contributed by atoms with Crippen LogP contribution in [0.4, 0.5) is 5.69 Å². The van der Waals surface area contributed by atoms with Crippen molar-refractivity contribution in [1.29, 1.82) is 0 Å². The van der Waals surface area contributed by atoms with Gasteiger partial charge in [0.1, 0.15) is 0 Å². The van der Waals surface area contributed by atoms with E-state index in [0.717, 1.165) is 31.0 Å². The number of hydrogen-bond donors (Lipinski definition) is 2. The van der Waals surface area contributed by atoms with E-state index in [2.05, 4.69) is 51.7 Å². The molecule has 0 saturated carbocycles. The Morgan fingerprint density at radius 1 is 1.14 bits per heavy atom. The Bertz CT molecular complexity index is 843. The van der Waals surface area contributed by atoms with Crippen molar-refractivity contribution in [1.82, 2.24) is 15.5 Å². The number of aryl methyl sites for hydroxylation is 1. The Hall–Kier alpha value is -3.02. The molecule has 1 fully saturated rings. The average molecular weight is 394 g/mol. The minimum atomic E-state index is 0.0151. The number of rotatable bonds is 5. The van der Waals surface area contributed by atoms with Crippen molar-refractivity contribution in [3.63, 3.8) is 0 Å². The number of anilines is 1. The Balaban J connectivity index is 1.50. The molecule has 1 aliphatic heterocycles. The van der Waals surface area contributed by atoms with E-state index in [1.165, 1.54) is 11.3 Å². The lowest BCUT2D eigenvalue weighted by atomic mass is 10.1. The summed E-state index contributed by atoms with van der Waals surface area (Å²) in [7, 11) is 5.31. The minimum Gasteiger partial charge on any atom is -0.369 e. The molecule has 0 aliphatic carbocycles. The second kappa shape index (κ2) is 9.45. The van der Waals surface area contributed by atoms with Crippen LogP contribution in [-0.2, 0) is 6.54 Å². The molecule has 3 rings (SSSR count). The fraction of sp³-hybridized carbons (Fsp3) is 0.391. The van der Waals surface area contributed by atoms with Gasteiger partial charge in [0.2, 0.25) is 0 Å². The van der Waals surface area contributed by atoms with Gasteiger partial charge in [0.05, 0.1) is 0 Å². The quantitative estimate of drug-likeness (QED) is 0.606. The maximum atomic E-state index is 12.0. The highest BCUT2D eigenvalue weighted by Gasteiger charge is 2.23. The Morgan fingerprint density at radius 2 is 1.83 bits per heavy atom. The van der Waals surface area contributed by atoms with Gasteiger partial charge in [0.25, 0.3) is 5.91 Å². The largest absolute Gasteiger partial charge is 0.369 e. The zero-order valence-corrected chi connectivity index (χ0v) is 17.8. The second-order valence-electron chi connectivity index (χ2n) is 7.73. The lowest BCUT2D eigenvalue weighted by Gasteiger charge is -2.20. The highest BCUT2D eigenvalue weighted by Crippen LogP contribution is 2.20. The van der Waals surface area contributed by atoms with Gasteiger partial charge in [-0.3, -0.25) is 9.79 Å². The molecule has 1 unspecified atom stereocenters. The maximum absolute atomic E-state index is 12.0. The number of amides is 1. The van der Waals surface area contributed by atoms with Crippen LogP contribution in [0.5, 0.6) is 0 Å². The highest BCUT2D eigenvalue weighted by atomic mass is 16.2. The molecule has 1 atom stereocenters. The Labute approximate surface area is 173 Å². The molecule has 6 heteroatoms. The number of nitrogens with zero attached hydrogens (tertiary/aromatic N) is 3. The third kappa shape index (κ3) is 5.50. The second-order valence-corrected chi connectivity index (χ2v) is 7.73. The van der Waals surface area contributed by atoms with Crippen LogP contribution in [0.25, 0.3) is 0 Å². The number of benzene rings is 2. The molecule has 2 aromatic carbocycles. The van der Waals surface area contributed by atoms with E-state index < -0.39 is 0 Å². The van der Waals surface area contributed by atoms with E-state index in [0.29, 0.717) is 18.2 Å². The molecule has 2 N–H and O–H groups in total. The number of aliphatic imine (C=N–C) groups is 1. The molecular weight excluding hydrogens is 362 g/mol. The van der Waals surface area contributed by atoms with Crippen LogP contribution >= 0.6 is 0 Å². The van der Waals surface area contributed by atoms with Crippen LogP contribution < -0.4 is 15.5 Å². The van der Waals surface area contributed by atoms with Gasteiger partial charge < -0.3 is 20.4 Å². The molecule has 1 amide bonds. The summed E-state index contributed by atoms with van der Waals surface area (Å²) in [5.74, 6) is 0.815. The summed E-state index contributed by atoms with van der Waals surface area (Å²) >= 11 is 0. The van der Waals surface area contributed by atoms with E-state index >= 15 is 0 Å². The molecule has 154 valence electrons. The van der Waals surface area contributed by atoms with E-state index in [9.17, 15) is 4.79 Å². The van der Waals surface area contributed by atoms with Crippen molar-refractivity contribution in [2.24, 2.45) is 4.99 Å². The van der Waals surface area contributed by atoms with E-state index in [1.54, 1.807) is 26.0 Å². The number of nitrogens with one attached hydrogen (secondary N) is 2. The molecule has 1 aliphatic rings. The van der Waals surface area contributed by atoms with E-state index in [-0.39, 0.29) is 5.91 Å². The van der Waals surface area contributed by atoms with Crippen molar-refractivity contribution < 1.29 is 4.79 Å². The van der Waals surface area contributed by atoms with Gasteiger partial charge in [0.15, 0.2) is 5.96 Å². The third-order valence-corrected chi connectivity index (χ3v) is 5.22. The summed E-state index contributed by atoms with van der Waals surface area (Å²) < 4.78 is 0. The highest BCUT2D eigenvalue weighted by molar-refractivity contribution is 5.93. The zero-order chi connectivity index (χ0) is 20.8. The van der Waals surface area contributed by atoms with Crippen LogP contribution in [0.1, 0.15) is 27.9 Å². The molecule has 6 nitrogen and oxygen atoms in total. The summed E-state index contributed by atoms with van der Waals surface area (Å²) in [6, 6.07) is 16.8. The molecule has 29 heavy (non-hydrogen) atoms. The molecule has 0 spiro atoms. The molecule has 2 aromatic rings. The zero-order valence-electron chi connectivity index (χ0n) is 17.8. The van der Waals surface area contributed by atoms with Crippen LogP contribution in [-0.4, -0.2) is 57.0 Å². The normalized spacial score (nSPS) is 16.6. The monoisotopic (exact) mass is 393 g/mol. The molecule has 0 radical (unpaired) electrons. The van der Waals surface area contributed by atoms with E-state index in [1.807, 2.05) is 24.3 Å². The lowest BCUT2D eigenvalue weighted by molar-refractivity contribution is 0.0827. The SMILES string of the molecule is CN=C(NCc1ccc(C(=O)N(C)C)cc1)NC1CCN(c2ccc(C)cc2)C1. The van der Waals surface area contributed by atoms with Crippen LogP contribution in [0.15, 0.2) is 53.5 Å². The van der Waals surface area contributed by atoms with Crippen LogP contribution in [0.2, 0.25) is 0 Å². The van der Waals surface area contributed by atoms with Gasteiger partial charge in [-0.15, -0.1) is 0 Å². The number of carbonyl (C=O) groups excluding carboxylic acids is 1. The fourth-order valence-corrected chi connectivity index (χ4v) is 3.47. The van der Waals surface area contributed by atoms with Crippen molar-refractivity contribution in [3.8, 4) is 0 Å². The predicted octanol–water partition coefficient (Wildman–Crippen LogP) is 2.64. The summed E-state index contributed by atoms with van der Waals surface area (Å²) in [4.78, 5) is 20.3. The van der Waals surface area contributed by atoms with Crippen molar-refractivity contribution in [2.45, 2.75) is 25.9 Å². The third-order valence-electron chi connectivity index (χ3n) is 5.22. The summed E-state index contributed by atoms with van der Waals surface area (Å²) in [5, 5.41) is 6.90. The topological polar surface area (TPSA) is 60.0 Å². The number of guanidine groups is 1. The minimum absolute atomic E-state index is 0.0151. The van der Waals surface area contributed by atoms with Gasteiger partial charge in [-0.2, -0.15) is 0 Å². The van der Waals surface area contributed by atoms with Gasteiger partial charge in [-0.1, -0.05) is 29.8 Å². The summed E-state index contributed by atoms with van der Waals surface area (Å²) in [6.07, 6.45) is 1.08. The van der Waals surface area contributed by atoms with Crippen molar-refractivity contribution in [3.05, 3.63) is 65.2 Å². The first-order chi connectivity index (χ1) is 14.0. The number of carbonyl (C=O) groups is 1. The molecule has 0 aromatic heterocycles. The first-order valence-corrected chi connectivity index (χ1v) is 10.1. The smallest absolute Gasteiger partial charge is 0.253 e. The van der Waals surface area contributed by atoms with E-state index in [4.69, 9.17) is 0 Å². The lowest BCUT2D eigenvalue weighted by Crippen LogP contribution is -2.44. The van der Waals surface area contributed by atoms with Gasteiger partial charge >= 0.3 is 0 Å². The molecule has 1 heterocycles. The molecule has 1 saturated heterocycles. The van der Waals surface area contributed by atoms with Gasteiger partial charge in [-0.25, -0.2) is 0 Å². The molecule has 0 bridgehead atoms. The van der Waals surface area contributed by atoms with Gasteiger partial charge in [0, 0.05) is 58.1 Å². The van der Waals surface area contributed by atoms with Crippen molar-refractivity contribution >= 4 is 17.6 Å². The van der Waals surface area contributed by atoms with Crippen molar-refractivity contribution in [2.75, 3.05) is 39.1 Å².